The molecule has 0 saturated carbocycles. The molecule has 18 heavy (non-hydrogen) atoms. The van der Waals surface area contributed by atoms with Gasteiger partial charge in [0.25, 0.3) is 0 Å². The normalized spacial score (nSPS) is 10.7. The Labute approximate surface area is 109 Å². The first-order chi connectivity index (χ1) is 8.49. The number of aryl methyl sites for hydroxylation is 1. The molecule has 0 aliphatic carbocycles. The maximum absolute atomic E-state index is 11.7. The van der Waals surface area contributed by atoms with Crippen molar-refractivity contribution >= 4 is 11.6 Å². The quantitative estimate of drug-likeness (QED) is 0.738. The maximum Gasteiger partial charge on any atom is 0.137 e. The topological polar surface area (TPSA) is 34.1 Å². The van der Waals surface area contributed by atoms with E-state index in [9.17, 15) is 9.59 Å². The Bertz CT molecular complexity index is 402. The van der Waals surface area contributed by atoms with E-state index >= 15 is 0 Å². The van der Waals surface area contributed by atoms with Crippen LogP contribution in [-0.4, -0.2) is 11.6 Å². The second kappa shape index (κ2) is 7.10. The molecule has 1 aromatic rings. The minimum Gasteiger partial charge on any atom is -0.299 e. The number of carbonyl (C=O) groups excluding carboxylic acids is 2. The summed E-state index contributed by atoms with van der Waals surface area (Å²) in [5, 5.41) is 0. The van der Waals surface area contributed by atoms with E-state index < -0.39 is 0 Å². The number of hydrogen-bond donors (Lipinski definition) is 0. The minimum absolute atomic E-state index is 0.0807. The molecule has 0 radical (unpaired) electrons. The molecule has 0 saturated heterocycles. The predicted octanol–water partition coefficient (Wildman–Crippen LogP) is 3.50. The van der Waals surface area contributed by atoms with Gasteiger partial charge in [0.15, 0.2) is 0 Å². The van der Waals surface area contributed by atoms with Crippen LogP contribution in [0.5, 0.6) is 0 Å². The molecule has 0 fully saturated rings. The molecule has 0 unspecified atom stereocenters. The van der Waals surface area contributed by atoms with Gasteiger partial charge in [0, 0.05) is 25.2 Å². The summed E-state index contributed by atoms with van der Waals surface area (Å²) in [5.74, 6) is 0.547. The van der Waals surface area contributed by atoms with Crippen LogP contribution in [0.25, 0.3) is 0 Å². The molecule has 0 aliphatic rings. The van der Waals surface area contributed by atoms with E-state index in [-0.39, 0.29) is 17.5 Å². The number of ketones is 2. The van der Waals surface area contributed by atoms with Gasteiger partial charge in [0.1, 0.15) is 11.6 Å². The SMILES string of the molecule is Cc1ccc(CC(=O)CCCC(=O)C(C)C)cc1. The Morgan fingerprint density at radius 1 is 1.06 bits per heavy atom. The lowest BCUT2D eigenvalue weighted by atomic mass is 10.00. The lowest BCUT2D eigenvalue weighted by Gasteiger charge is -2.04. The molecule has 98 valence electrons. The van der Waals surface area contributed by atoms with Crippen molar-refractivity contribution < 1.29 is 9.59 Å². The van der Waals surface area contributed by atoms with Crippen LogP contribution in [0, 0.1) is 12.8 Å². The Morgan fingerprint density at radius 2 is 1.67 bits per heavy atom. The summed E-state index contributed by atoms with van der Waals surface area (Å²) < 4.78 is 0. The molecule has 0 bridgehead atoms. The molecule has 0 atom stereocenters. The first kappa shape index (κ1) is 14.6. The van der Waals surface area contributed by atoms with E-state index in [1.54, 1.807) is 0 Å². The van der Waals surface area contributed by atoms with Gasteiger partial charge in [-0.05, 0) is 18.9 Å². The molecular formula is C16H22O2. The van der Waals surface area contributed by atoms with Crippen LogP contribution in [0.1, 0.15) is 44.2 Å². The summed E-state index contributed by atoms with van der Waals surface area (Å²) in [6.45, 7) is 5.83. The lowest BCUT2D eigenvalue weighted by molar-refractivity contribution is -0.122. The van der Waals surface area contributed by atoms with E-state index in [2.05, 4.69) is 0 Å². The van der Waals surface area contributed by atoms with Crippen molar-refractivity contribution in [1.29, 1.82) is 0 Å². The highest BCUT2D eigenvalue weighted by Crippen LogP contribution is 2.09. The van der Waals surface area contributed by atoms with Crippen molar-refractivity contribution in [3.63, 3.8) is 0 Å². The van der Waals surface area contributed by atoms with E-state index in [0.717, 1.165) is 5.56 Å². The second-order valence-electron chi connectivity index (χ2n) is 5.18. The van der Waals surface area contributed by atoms with Gasteiger partial charge in [0.05, 0.1) is 0 Å². The zero-order chi connectivity index (χ0) is 13.5. The third-order valence-corrected chi connectivity index (χ3v) is 3.04. The molecular weight excluding hydrogens is 224 g/mol. The van der Waals surface area contributed by atoms with Gasteiger partial charge in [-0.2, -0.15) is 0 Å². The van der Waals surface area contributed by atoms with Crippen molar-refractivity contribution in [2.24, 2.45) is 5.92 Å². The van der Waals surface area contributed by atoms with Gasteiger partial charge in [-0.15, -0.1) is 0 Å². The Hall–Kier alpha value is -1.44. The fraction of sp³-hybridized carbons (Fsp3) is 0.500. The van der Waals surface area contributed by atoms with E-state index in [4.69, 9.17) is 0 Å². The minimum atomic E-state index is 0.0807. The van der Waals surface area contributed by atoms with Crippen LogP contribution in [0.3, 0.4) is 0 Å². The van der Waals surface area contributed by atoms with Gasteiger partial charge in [0.2, 0.25) is 0 Å². The standard InChI is InChI=1S/C16H22O2/c1-12(2)16(18)6-4-5-15(17)11-14-9-7-13(3)8-10-14/h7-10,12H,4-6,11H2,1-3H3. The number of carbonyl (C=O) groups is 2. The Morgan fingerprint density at radius 3 is 2.22 bits per heavy atom. The van der Waals surface area contributed by atoms with Gasteiger partial charge >= 0.3 is 0 Å². The zero-order valence-corrected chi connectivity index (χ0v) is 11.5. The summed E-state index contributed by atoms with van der Waals surface area (Å²) in [4.78, 5) is 23.1. The van der Waals surface area contributed by atoms with Crippen LogP contribution in [0.15, 0.2) is 24.3 Å². The van der Waals surface area contributed by atoms with Gasteiger partial charge < -0.3 is 0 Å². The van der Waals surface area contributed by atoms with E-state index in [1.807, 2.05) is 45.0 Å². The summed E-state index contributed by atoms with van der Waals surface area (Å²) in [5.41, 5.74) is 2.26. The second-order valence-corrected chi connectivity index (χ2v) is 5.18. The van der Waals surface area contributed by atoms with Crippen LogP contribution < -0.4 is 0 Å². The average Bonchev–Trinajstić information content (AvgIpc) is 2.32. The highest BCUT2D eigenvalue weighted by Gasteiger charge is 2.09. The smallest absolute Gasteiger partial charge is 0.137 e. The maximum atomic E-state index is 11.7. The molecule has 0 heterocycles. The monoisotopic (exact) mass is 246 g/mol. The van der Waals surface area contributed by atoms with Gasteiger partial charge in [-0.3, -0.25) is 9.59 Å². The average molecular weight is 246 g/mol. The fourth-order valence-electron chi connectivity index (χ4n) is 1.77. The molecule has 1 aromatic carbocycles. The number of Topliss-reactive ketones (excluding diaryl/α,β-unsaturated/α-hetero) is 2. The summed E-state index contributed by atoms with van der Waals surface area (Å²) >= 11 is 0. The van der Waals surface area contributed by atoms with Crippen molar-refractivity contribution in [3.8, 4) is 0 Å². The predicted molar refractivity (Wildman–Crippen MR) is 73.6 cm³/mol. The van der Waals surface area contributed by atoms with Crippen molar-refractivity contribution in [2.45, 2.75) is 46.5 Å². The third kappa shape index (κ3) is 5.26. The van der Waals surface area contributed by atoms with Crippen LogP contribution in [0.4, 0.5) is 0 Å². The Balaban J connectivity index is 2.30. The van der Waals surface area contributed by atoms with Gasteiger partial charge in [-0.25, -0.2) is 0 Å². The van der Waals surface area contributed by atoms with E-state index in [0.29, 0.717) is 25.7 Å². The van der Waals surface area contributed by atoms with Gasteiger partial charge in [-0.1, -0.05) is 43.7 Å². The summed E-state index contributed by atoms with van der Waals surface area (Å²) in [7, 11) is 0. The highest BCUT2D eigenvalue weighted by molar-refractivity contribution is 5.83. The molecule has 0 N–H and O–H groups in total. The first-order valence-corrected chi connectivity index (χ1v) is 6.59. The largest absolute Gasteiger partial charge is 0.299 e. The van der Waals surface area contributed by atoms with Crippen molar-refractivity contribution in [2.75, 3.05) is 0 Å². The lowest BCUT2D eigenvalue weighted by Crippen LogP contribution is -2.08. The zero-order valence-electron chi connectivity index (χ0n) is 11.5. The highest BCUT2D eigenvalue weighted by atomic mass is 16.1. The van der Waals surface area contributed by atoms with Crippen LogP contribution in [-0.2, 0) is 16.0 Å². The van der Waals surface area contributed by atoms with Crippen LogP contribution in [0.2, 0.25) is 0 Å². The molecule has 2 nitrogen and oxygen atoms in total. The fourth-order valence-corrected chi connectivity index (χ4v) is 1.77. The first-order valence-electron chi connectivity index (χ1n) is 6.59. The number of rotatable bonds is 7. The van der Waals surface area contributed by atoms with E-state index in [1.165, 1.54) is 5.56 Å². The van der Waals surface area contributed by atoms with Crippen LogP contribution >= 0.6 is 0 Å². The summed E-state index contributed by atoms with van der Waals surface area (Å²) in [6, 6.07) is 8.02. The third-order valence-electron chi connectivity index (χ3n) is 3.04. The molecule has 0 aromatic heterocycles. The number of benzene rings is 1. The van der Waals surface area contributed by atoms with Crippen molar-refractivity contribution in [3.05, 3.63) is 35.4 Å². The molecule has 1 rings (SSSR count). The van der Waals surface area contributed by atoms with Crippen molar-refractivity contribution in [1.82, 2.24) is 0 Å². The summed E-state index contributed by atoms with van der Waals surface area (Å²) in [6.07, 6.45) is 2.20. The molecule has 0 spiro atoms. The number of hydrogen-bond acceptors (Lipinski definition) is 2. The molecule has 2 heteroatoms. The Kier molecular flexibility index (Phi) is 5.76. The molecule has 0 aliphatic heterocycles. The molecule has 0 amide bonds.